The molecule has 3 heterocycles. The first-order valence-electron chi connectivity index (χ1n) is 10.8. The van der Waals surface area contributed by atoms with Gasteiger partial charge in [-0.3, -0.25) is 4.90 Å². The molecule has 0 N–H and O–H groups in total. The van der Waals surface area contributed by atoms with Crippen molar-refractivity contribution in [2.45, 2.75) is 31.1 Å². The zero-order valence-corrected chi connectivity index (χ0v) is 19.3. The molecule has 1 saturated heterocycles. The van der Waals surface area contributed by atoms with Crippen molar-refractivity contribution in [3.63, 3.8) is 0 Å². The maximum Gasteiger partial charge on any atom is 0.338 e. The molecule has 0 unspecified atom stereocenters. The van der Waals surface area contributed by atoms with E-state index < -0.39 is 9.84 Å². The Morgan fingerprint density at radius 1 is 1.15 bits per heavy atom. The Balaban J connectivity index is 1.28. The summed E-state index contributed by atoms with van der Waals surface area (Å²) in [5, 5.41) is 4.44. The molecule has 8 nitrogen and oxygen atoms in total. The van der Waals surface area contributed by atoms with E-state index in [4.69, 9.17) is 9.47 Å². The van der Waals surface area contributed by atoms with Crippen LogP contribution in [0.1, 0.15) is 38.7 Å². The number of rotatable bonds is 5. The molecule has 2 aliphatic heterocycles. The Kier molecular flexibility index (Phi) is 5.55. The van der Waals surface area contributed by atoms with E-state index in [1.54, 1.807) is 28.9 Å². The average Bonchev–Trinajstić information content (AvgIpc) is 3.41. The summed E-state index contributed by atoms with van der Waals surface area (Å²) in [6.45, 7) is 5.26. The minimum atomic E-state index is -3.23. The van der Waals surface area contributed by atoms with E-state index in [0.717, 1.165) is 47.6 Å². The molecule has 0 bridgehead atoms. The first kappa shape index (κ1) is 21.8. The number of benzene rings is 2. The number of aromatic nitrogens is 2. The van der Waals surface area contributed by atoms with Gasteiger partial charge in [0.05, 0.1) is 35.1 Å². The van der Waals surface area contributed by atoms with E-state index in [0.29, 0.717) is 18.8 Å². The monoisotopic (exact) mass is 467 g/mol. The summed E-state index contributed by atoms with van der Waals surface area (Å²) < 4.78 is 36.3. The molecule has 2 aromatic carbocycles. The largest absolute Gasteiger partial charge is 0.457 e. The number of hydrogen-bond donors (Lipinski definition) is 0. The van der Waals surface area contributed by atoms with Crippen LogP contribution in [0.5, 0.6) is 0 Å². The van der Waals surface area contributed by atoms with Crippen LogP contribution in [0.3, 0.4) is 0 Å². The van der Waals surface area contributed by atoms with Crippen molar-refractivity contribution in [1.82, 2.24) is 14.7 Å². The molecule has 1 fully saturated rings. The SMILES string of the molecule is Cc1c([C@@H]2CN(Cc3cnn(-c4ccc(S(C)(=O)=O)cc4)c3)CCO2)ccc2c1COC2=O. The lowest BCUT2D eigenvalue weighted by molar-refractivity contribution is -0.0332. The highest BCUT2D eigenvalue weighted by Crippen LogP contribution is 2.32. The molecular formula is C24H25N3O5S. The van der Waals surface area contributed by atoms with E-state index in [9.17, 15) is 13.2 Å². The summed E-state index contributed by atoms with van der Waals surface area (Å²) in [7, 11) is -3.23. The van der Waals surface area contributed by atoms with E-state index in [2.05, 4.69) is 10.00 Å². The lowest BCUT2D eigenvalue weighted by Gasteiger charge is -2.33. The number of morpholine rings is 1. The molecule has 9 heteroatoms. The zero-order valence-electron chi connectivity index (χ0n) is 18.5. The number of ether oxygens (including phenoxy) is 2. The maximum atomic E-state index is 11.8. The summed E-state index contributed by atoms with van der Waals surface area (Å²) >= 11 is 0. The number of esters is 1. The van der Waals surface area contributed by atoms with Gasteiger partial charge in [-0.15, -0.1) is 0 Å². The summed E-state index contributed by atoms with van der Waals surface area (Å²) in [5.74, 6) is -0.256. The second kappa shape index (κ2) is 8.40. The smallest absolute Gasteiger partial charge is 0.338 e. The summed E-state index contributed by atoms with van der Waals surface area (Å²) in [6.07, 6.45) is 4.92. The van der Waals surface area contributed by atoms with Crippen molar-refractivity contribution in [3.8, 4) is 5.69 Å². The first-order valence-corrected chi connectivity index (χ1v) is 12.7. The average molecular weight is 468 g/mol. The lowest BCUT2D eigenvalue weighted by atomic mass is 9.94. The van der Waals surface area contributed by atoms with Crippen LogP contribution in [0.2, 0.25) is 0 Å². The number of sulfone groups is 1. The minimum Gasteiger partial charge on any atom is -0.457 e. The zero-order chi connectivity index (χ0) is 23.2. The van der Waals surface area contributed by atoms with Crippen LogP contribution in [0, 0.1) is 6.92 Å². The van der Waals surface area contributed by atoms with Gasteiger partial charge in [-0.25, -0.2) is 17.9 Å². The standard InChI is InChI=1S/C24H25N3O5S/c1-16-20(7-8-21-22(16)15-32-24(21)28)23-14-26(9-10-31-23)12-17-11-25-27(13-17)18-3-5-19(6-4-18)33(2,29)30/h3-8,11,13,23H,9-10,12,14-15H2,1-2H3/t23-/m0/s1. The molecule has 0 aliphatic carbocycles. The van der Waals surface area contributed by atoms with Crippen LogP contribution in [-0.4, -0.2) is 55.0 Å². The molecule has 0 spiro atoms. The van der Waals surface area contributed by atoms with Gasteiger partial charge in [-0.2, -0.15) is 5.10 Å². The second-order valence-electron chi connectivity index (χ2n) is 8.54. The van der Waals surface area contributed by atoms with Gasteiger partial charge in [0.1, 0.15) is 6.61 Å². The highest BCUT2D eigenvalue weighted by molar-refractivity contribution is 7.90. The summed E-state index contributed by atoms with van der Waals surface area (Å²) in [6, 6.07) is 10.5. The van der Waals surface area contributed by atoms with Gasteiger partial charge in [0, 0.05) is 43.2 Å². The molecule has 33 heavy (non-hydrogen) atoms. The normalized spacial score (nSPS) is 18.8. The third kappa shape index (κ3) is 4.31. The number of nitrogens with zero attached hydrogens (tertiary/aromatic N) is 3. The highest BCUT2D eigenvalue weighted by Gasteiger charge is 2.29. The molecule has 0 saturated carbocycles. The second-order valence-corrected chi connectivity index (χ2v) is 10.6. The third-order valence-corrected chi connectivity index (χ3v) is 7.41. The van der Waals surface area contributed by atoms with Gasteiger partial charge in [-0.05, 0) is 48.4 Å². The summed E-state index contributed by atoms with van der Waals surface area (Å²) in [4.78, 5) is 14.4. The van der Waals surface area contributed by atoms with E-state index >= 15 is 0 Å². The Morgan fingerprint density at radius 2 is 1.94 bits per heavy atom. The van der Waals surface area contributed by atoms with Crippen molar-refractivity contribution in [1.29, 1.82) is 0 Å². The van der Waals surface area contributed by atoms with Crippen LogP contribution in [0.15, 0.2) is 53.7 Å². The molecule has 0 amide bonds. The molecule has 172 valence electrons. The lowest BCUT2D eigenvalue weighted by Crippen LogP contribution is -2.38. The molecular weight excluding hydrogens is 442 g/mol. The predicted octanol–water partition coefficient (Wildman–Crippen LogP) is 2.83. The number of cyclic esters (lactones) is 1. The Hall–Kier alpha value is -3.01. The van der Waals surface area contributed by atoms with Crippen molar-refractivity contribution in [2.24, 2.45) is 0 Å². The topological polar surface area (TPSA) is 90.7 Å². The summed E-state index contributed by atoms with van der Waals surface area (Å²) in [5.41, 5.74) is 5.64. The molecule has 1 aromatic heterocycles. The molecule has 1 atom stereocenters. The van der Waals surface area contributed by atoms with Gasteiger partial charge in [0.2, 0.25) is 0 Å². The quantitative estimate of drug-likeness (QED) is 0.533. The minimum absolute atomic E-state index is 0.0710. The Bertz CT molecular complexity index is 1310. The fourth-order valence-corrected chi connectivity index (χ4v) is 5.07. The highest BCUT2D eigenvalue weighted by atomic mass is 32.2. The Labute approximate surface area is 192 Å². The number of carbonyl (C=O) groups is 1. The molecule has 3 aromatic rings. The van der Waals surface area contributed by atoms with Crippen molar-refractivity contribution >= 4 is 15.8 Å². The number of fused-ring (bicyclic) bond motifs is 1. The van der Waals surface area contributed by atoms with Crippen molar-refractivity contribution in [2.75, 3.05) is 26.0 Å². The van der Waals surface area contributed by atoms with Crippen LogP contribution < -0.4 is 0 Å². The maximum absolute atomic E-state index is 11.8. The van der Waals surface area contributed by atoms with Crippen LogP contribution in [-0.2, 0) is 32.5 Å². The van der Waals surface area contributed by atoms with Crippen LogP contribution in [0.4, 0.5) is 0 Å². The van der Waals surface area contributed by atoms with Gasteiger partial charge in [-0.1, -0.05) is 6.07 Å². The third-order valence-electron chi connectivity index (χ3n) is 6.28. The van der Waals surface area contributed by atoms with E-state index in [1.165, 1.54) is 6.26 Å². The van der Waals surface area contributed by atoms with E-state index in [-0.39, 0.29) is 17.0 Å². The van der Waals surface area contributed by atoms with Gasteiger partial charge < -0.3 is 9.47 Å². The predicted molar refractivity (Wildman–Crippen MR) is 121 cm³/mol. The fourth-order valence-electron chi connectivity index (χ4n) is 4.44. The first-order chi connectivity index (χ1) is 15.8. The molecule has 0 radical (unpaired) electrons. The van der Waals surface area contributed by atoms with Crippen LogP contribution >= 0.6 is 0 Å². The molecule has 2 aliphatic rings. The number of hydrogen-bond acceptors (Lipinski definition) is 7. The fraction of sp³-hybridized carbons (Fsp3) is 0.333. The Morgan fingerprint density at radius 3 is 2.70 bits per heavy atom. The van der Waals surface area contributed by atoms with Crippen LogP contribution in [0.25, 0.3) is 5.69 Å². The van der Waals surface area contributed by atoms with E-state index in [1.807, 2.05) is 31.5 Å². The number of carbonyl (C=O) groups excluding carboxylic acids is 1. The van der Waals surface area contributed by atoms with Gasteiger partial charge >= 0.3 is 5.97 Å². The van der Waals surface area contributed by atoms with Crippen molar-refractivity contribution < 1.29 is 22.7 Å². The van der Waals surface area contributed by atoms with Crippen molar-refractivity contribution in [3.05, 3.63) is 76.6 Å². The van der Waals surface area contributed by atoms with Gasteiger partial charge in [0.15, 0.2) is 9.84 Å². The van der Waals surface area contributed by atoms with Gasteiger partial charge in [0.25, 0.3) is 0 Å². The molecule has 5 rings (SSSR count).